The third-order valence-corrected chi connectivity index (χ3v) is 7.97. The van der Waals surface area contributed by atoms with E-state index in [1.54, 1.807) is 18.2 Å². The Morgan fingerprint density at radius 1 is 1.25 bits per heavy atom. The molecule has 0 aliphatic carbocycles. The summed E-state index contributed by atoms with van der Waals surface area (Å²) in [6, 6.07) is 13.7. The van der Waals surface area contributed by atoms with E-state index >= 15 is 0 Å². The maximum Gasteiger partial charge on any atom is 0.125 e. The molecule has 5 rings (SSSR count). The van der Waals surface area contributed by atoms with Crippen molar-refractivity contribution in [2.45, 2.75) is 44.8 Å². The number of H-pyrrole nitrogens is 1. The van der Waals surface area contributed by atoms with Crippen molar-refractivity contribution in [1.29, 1.82) is 0 Å². The fourth-order valence-electron chi connectivity index (χ4n) is 5.34. The lowest BCUT2D eigenvalue weighted by Crippen LogP contribution is -2.56. The Labute approximate surface area is 193 Å². The minimum Gasteiger partial charge on any atom is -0.494 e. The third-order valence-electron chi connectivity index (χ3n) is 6.80. The van der Waals surface area contributed by atoms with Gasteiger partial charge in [0.25, 0.3) is 0 Å². The zero-order chi connectivity index (χ0) is 22.3. The Bertz CT molecular complexity index is 1100. The molecule has 0 bridgehead atoms. The highest BCUT2D eigenvalue weighted by Gasteiger charge is 2.48. The summed E-state index contributed by atoms with van der Waals surface area (Å²) in [6.45, 7) is 7.92. The van der Waals surface area contributed by atoms with Gasteiger partial charge in [-0.2, -0.15) is 0 Å². The molecule has 170 valence electrons. The average Bonchev–Trinajstić information content (AvgIpc) is 3.31. The molecule has 0 radical (unpaired) electrons. The second-order valence-corrected chi connectivity index (χ2v) is 10.2. The van der Waals surface area contributed by atoms with E-state index in [1.165, 1.54) is 17.0 Å². The summed E-state index contributed by atoms with van der Waals surface area (Å²) in [5.74, 6) is 0.743. The number of likely N-dealkylation sites (N-methyl/N-ethyl adjacent to an activating group) is 1. The number of nitrogens with zero attached hydrogens (tertiary/aromatic N) is 3. The Balaban J connectivity index is 1.35. The molecular weight excluding hydrogens is 423 g/mol. The lowest BCUT2D eigenvalue weighted by Gasteiger charge is -2.47. The number of aromatic amines is 1. The number of hydrogen-bond acceptors (Lipinski definition) is 5. The van der Waals surface area contributed by atoms with Crippen LogP contribution in [-0.2, 0) is 6.54 Å². The van der Waals surface area contributed by atoms with E-state index in [2.05, 4.69) is 50.8 Å². The van der Waals surface area contributed by atoms with Crippen LogP contribution in [0.1, 0.15) is 32.3 Å². The van der Waals surface area contributed by atoms with E-state index in [0.717, 1.165) is 49.4 Å². The summed E-state index contributed by atoms with van der Waals surface area (Å²) in [7, 11) is 2.13. The summed E-state index contributed by atoms with van der Waals surface area (Å²) in [4.78, 5) is 5.99. The number of hydrogen-bond donors (Lipinski definition) is 1. The average molecular weight is 455 g/mol. The van der Waals surface area contributed by atoms with Gasteiger partial charge in [-0.3, -0.25) is 9.21 Å². The first-order valence-electron chi connectivity index (χ1n) is 11.4. The van der Waals surface area contributed by atoms with Gasteiger partial charge in [0.1, 0.15) is 11.6 Å². The van der Waals surface area contributed by atoms with Crippen molar-refractivity contribution in [3.8, 4) is 5.75 Å². The molecule has 32 heavy (non-hydrogen) atoms. The standard InChI is InChI=1S/C25H31FN4OS/c1-4-31-22-8-9-24-23(13-22)19(15-27-24)16-29-11-10-25(14-18(29)2)17-28(3)32-30(25)21-7-5-6-20(26)12-21/h5-9,12-13,15,18,27H,4,10-11,14,16-17H2,1-3H3/t18-,25+/m0/s1. The molecule has 0 saturated carbocycles. The number of fused-ring (bicyclic) bond motifs is 1. The van der Waals surface area contributed by atoms with E-state index in [9.17, 15) is 4.39 Å². The lowest BCUT2D eigenvalue weighted by atomic mass is 9.82. The van der Waals surface area contributed by atoms with Crippen molar-refractivity contribution in [1.82, 2.24) is 14.2 Å². The van der Waals surface area contributed by atoms with Crippen molar-refractivity contribution in [2.24, 2.45) is 0 Å². The van der Waals surface area contributed by atoms with Crippen LogP contribution >= 0.6 is 12.1 Å². The molecule has 0 amide bonds. The van der Waals surface area contributed by atoms with Gasteiger partial charge in [0.2, 0.25) is 0 Å². The Morgan fingerprint density at radius 3 is 2.91 bits per heavy atom. The van der Waals surface area contributed by atoms with E-state index < -0.39 is 0 Å². The third kappa shape index (κ3) is 3.98. The molecule has 2 aliphatic rings. The number of nitrogens with one attached hydrogen (secondary N) is 1. The van der Waals surface area contributed by atoms with Crippen LogP contribution in [0, 0.1) is 5.82 Å². The zero-order valence-corrected chi connectivity index (χ0v) is 19.8. The highest BCUT2D eigenvalue weighted by atomic mass is 32.2. The topological polar surface area (TPSA) is 34.7 Å². The lowest BCUT2D eigenvalue weighted by molar-refractivity contribution is 0.101. The highest BCUT2D eigenvalue weighted by molar-refractivity contribution is 7.98. The second kappa shape index (κ2) is 8.61. The van der Waals surface area contributed by atoms with Crippen LogP contribution in [0.15, 0.2) is 48.7 Å². The number of benzene rings is 2. The minimum atomic E-state index is -0.177. The summed E-state index contributed by atoms with van der Waals surface area (Å²) in [5.41, 5.74) is 3.44. The van der Waals surface area contributed by atoms with Crippen LogP contribution in [0.3, 0.4) is 0 Å². The fourth-order valence-corrected chi connectivity index (χ4v) is 6.52. The zero-order valence-electron chi connectivity index (χ0n) is 19.0. The molecule has 5 nitrogen and oxygen atoms in total. The van der Waals surface area contributed by atoms with Gasteiger partial charge in [-0.1, -0.05) is 6.07 Å². The molecular formula is C25H31FN4OS. The van der Waals surface area contributed by atoms with Crippen LogP contribution in [0.4, 0.5) is 10.1 Å². The van der Waals surface area contributed by atoms with Crippen molar-refractivity contribution in [3.05, 3.63) is 60.0 Å². The SMILES string of the molecule is CCOc1ccc2[nH]cc(CN3CC[C@@]4(C[C@@H]3C)CN(C)SN4c3cccc(F)c3)c2c1. The first-order chi connectivity index (χ1) is 15.5. The minimum absolute atomic E-state index is 0.0193. The summed E-state index contributed by atoms with van der Waals surface area (Å²) in [6.07, 6.45) is 4.24. The van der Waals surface area contributed by atoms with Gasteiger partial charge in [0, 0.05) is 54.9 Å². The Hall–Kier alpha value is -2.22. The number of aromatic nitrogens is 1. The molecule has 0 unspecified atom stereocenters. The Kier molecular flexibility index (Phi) is 5.82. The molecule has 2 saturated heterocycles. The van der Waals surface area contributed by atoms with Gasteiger partial charge in [-0.25, -0.2) is 8.70 Å². The van der Waals surface area contributed by atoms with Crippen LogP contribution in [0.25, 0.3) is 10.9 Å². The maximum atomic E-state index is 14.0. The Morgan fingerprint density at radius 2 is 2.12 bits per heavy atom. The normalized spacial score (nSPS) is 24.6. The molecule has 3 aromatic rings. The highest BCUT2D eigenvalue weighted by Crippen LogP contribution is 2.47. The largest absolute Gasteiger partial charge is 0.494 e. The van der Waals surface area contributed by atoms with E-state index in [1.807, 2.05) is 25.1 Å². The first-order valence-corrected chi connectivity index (χ1v) is 12.1. The van der Waals surface area contributed by atoms with Gasteiger partial charge in [0.15, 0.2) is 0 Å². The molecule has 3 heterocycles. The summed E-state index contributed by atoms with van der Waals surface area (Å²) < 4.78 is 24.3. The summed E-state index contributed by atoms with van der Waals surface area (Å²) in [5, 5.41) is 1.24. The predicted molar refractivity (Wildman–Crippen MR) is 130 cm³/mol. The van der Waals surface area contributed by atoms with Crippen LogP contribution < -0.4 is 9.04 Å². The molecule has 2 aliphatic heterocycles. The van der Waals surface area contributed by atoms with Gasteiger partial charge in [-0.05, 0) is 75.7 Å². The van der Waals surface area contributed by atoms with E-state index in [4.69, 9.17) is 4.74 Å². The molecule has 2 fully saturated rings. The van der Waals surface area contributed by atoms with E-state index in [-0.39, 0.29) is 11.4 Å². The molecule has 2 atom stereocenters. The van der Waals surface area contributed by atoms with Gasteiger partial charge in [-0.15, -0.1) is 0 Å². The number of halogens is 1. The molecule has 2 aromatic carbocycles. The van der Waals surface area contributed by atoms with Crippen molar-refractivity contribution in [3.63, 3.8) is 0 Å². The van der Waals surface area contributed by atoms with E-state index in [0.29, 0.717) is 12.6 Å². The van der Waals surface area contributed by atoms with Crippen LogP contribution in [0.2, 0.25) is 0 Å². The van der Waals surface area contributed by atoms with Crippen molar-refractivity contribution < 1.29 is 9.13 Å². The molecule has 1 N–H and O–H groups in total. The molecule has 1 aromatic heterocycles. The molecule has 1 spiro atoms. The smallest absolute Gasteiger partial charge is 0.125 e. The number of ether oxygens (including phenoxy) is 1. The summed E-state index contributed by atoms with van der Waals surface area (Å²) >= 11 is 1.71. The van der Waals surface area contributed by atoms with Gasteiger partial charge in [0.05, 0.1) is 17.8 Å². The number of rotatable bonds is 5. The fraction of sp³-hybridized carbons (Fsp3) is 0.440. The predicted octanol–water partition coefficient (Wildman–Crippen LogP) is 5.44. The maximum absolute atomic E-state index is 14.0. The number of likely N-dealkylation sites (tertiary alicyclic amines) is 1. The van der Waals surface area contributed by atoms with Crippen LogP contribution in [-0.4, -0.2) is 52.5 Å². The van der Waals surface area contributed by atoms with Gasteiger partial charge < -0.3 is 9.72 Å². The second-order valence-electron chi connectivity index (χ2n) is 9.09. The number of anilines is 1. The quantitative estimate of drug-likeness (QED) is 0.519. The van der Waals surface area contributed by atoms with Crippen LogP contribution in [0.5, 0.6) is 5.75 Å². The van der Waals surface area contributed by atoms with Crippen molar-refractivity contribution in [2.75, 3.05) is 31.0 Å². The first kappa shape index (κ1) is 21.6. The number of piperidine rings is 1. The van der Waals surface area contributed by atoms with Crippen molar-refractivity contribution >= 4 is 28.7 Å². The molecule has 7 heteroatoms. The van der Waals surface area contributed by atoms with Gasteiger partial charge >= 0.3 is 0 Å². The monoisotopic (exact) mass is 454 g/mol.